The van der Waals surface area contributed by atoms with E-state index >= 15 is 0 Å². The van der Waals surface area contributed by atoms with Gasteiger partial charge in [0.2, 0.25) is 0 Å². The van der Waals surface area contributed by atoms with Gasteiger partial charge in [0.25, 0.3) is 5.91 Å². The Balaban J connectivity index is 2.04. The van der Waals surface area contributed by atoms with Crippen molar-refractivity contribution in [2.75, 3.05) is 13.1 Å². The summed E-state index contributed by atoms with van der Waals surface area (Å²) in [5.41, 5.74) is 6.34. The number of aromatic nitrogens is 2. The molecule has 0 spiro atoms. The van der Waals surface area contributed by atoms with E-state index < -0.39 is 0 Å². The number of carbonyl (C=O) groups is 1. The molecule has 2 aromatic rings. The van der Waals surface area contributed by atoms with E-state index in [9.17, 15) is 4.79 Å². The minimum absolute atomic E-state index is 0.0961. The fourth-order valence-corrected chi connectivity index (χ4v) is 2.24. The molecular formula is C12H14N4OS. The normalized spacial score (nSPS) is 10.3. The first-order valence-electron chi connectivity index (χ1n) is 5.66. The van der Waals surface area contributed by atoms with Crippen LogP contribution in [0.3, 0.4) is 0 Å². The molecule has 0 atom stereocenters. The van der Waals surface area contributed by atoms with Gasteiger partial charge in [-0.1, -0.05) is 0 Å². The highest BCUT2D eigenvalue weighted by Crippen LogP contribution is 2.24. The third kappa shape index (κ3) is 3.12. The number of hydrogen-bond donors (Lipinski definition) is 2. The smallest absolute Gasteiger partial charge is 0.263 e. The maximum atomic E-state index is 11.8. The van der Waals surface area contributed by atoms with Crippen molar-refractivity contribution in [3.63, 3.8) is 0 Å². The highest BCUT2D eigenvalue weighted by atomic mass is 32.1. The number of carbonyl (C=O) groups excluding carboxylic acids is 1. The Bertz CT molecular complexity index is 512. The minimum Gasteiger partial charge on any atom is -0.351 e. The Hall–Kier alpha value is -1.79. The molecule has 0 saturated carbocycles. The van der Waals surface area contributed by atoms with Gasteiger partial charge in [-0.05, 0) is 25.1 Å². The Kier molecular flexibility index (Phi) is 4.38. The molecule has 3 N–H and O–H groups in total. The summed E-state index contributed by atoms with van der Waals surface area (Å²) in [6, 6.07) is 3.74. The van der Waals surface area contributed by atoms with Crippen molar-refractivity contribution in [3.05, 3.63) is 35.6 Å². The average molecular weight is 262 g/mol. The van der Waals surface area contributed by atoms with E-state index in [0.29, 0.717) is 18.0 Å². The lowest BCUT2D eigenvalue weighted by Gasteiger charge is -2.00. The molecule has 0 radical (unpaired) electrons. The van der Waals surface area contributed by atoms with Crippen molar-refractivity contribution in [1.29, 1.82) is 0 Å². The summed E-state index contributed by atoms with van der Waals surface area (Å²) in [5.74, 6) is -0.0961. The number of thiazole rings is 1. The zero-order valence-corrected chi connectivity index (χ0v) is 10.6. The molecule has 5 nitrogen and oxygen atoms in total. The first kappa shape index (κ1) is 12.7. The molecule has 2 rings (SSSR count). The third-order valence-electron chi connectivity index (χ3n) is 2.32. The van der Waals surface area contributed by atoms with Crippen LogP contribution >= 0.6 is 11.3 Å². The molecule has 0 aromatic carbocycles. The van der Waals surface area contributed by atoms with Crippen molar-refractivity contribution < 1.29 is 4.79 Å². The molecule has 0 unspecified atom stereocenters. The zero-order valence-electron chi connectivity index (χ0n) is 9.80. The molecule has 6 heteroatoms. The molecule has 0 fully saturated rings. The maximum absolute atomic E-state index is 11.8. The van der Waals surface area contributed by atoms with Crippen LogP contribution in [0.25, 0.3) is 10.6 Å². The molecule has 0 aliphatic heterocycles. The van der Waals surface area contributed by atoms with Gasteiger partial charge in [-0.3, -0.25) is 9.78 Å². The van der Waals surface area contributed by atoms with Crippen molar-refractivity contribution in [2.45, 2.75) is 6.42 Å². The zero-order chi connectivity index (χ0) is 12.8. The van der Waals surface area contributed by atoms with Crippen LogP contribution in [-0.4, -0.2) is 29.0 Å². The maximum Gasteiger partial charge on any atom is 0.263 e. The summed E-state index contributed by atoms with van der Waals surface area (Å²) in [6.45, 7) is 1.17. The lowest BCUT2D eigenvalue weighted by molar-refractivity contribution is 0.0957. The number of amides is 1. The summed E-state index contributed by atoms with van der Waals surface area (Å²) < 4.78 is 0. The molecule has 2 heterocycles. The number of nitrogens with zero attached hydrogens (tertiary/aromatic N) is 2. The van der Waals surface area contributed by atoms with Crippen LogP contribution in [0, 0.1) is 0 Å². The van der Waals surface area contributed by atoms with Gasteiger partial charge >= 0.3 is 0 Å². The predicted octanol–water partition coefficient (Wildman–Crippen LogP) is 1.28. The molecule has 0 aliphatic rings. The van der Waals surface area contributed by atoms with Crippen LogP contribution in [0.5, 0.6) is 0 Å². The topological polar surface area (TPSA) is 80.9 Å². The van der Waals surface area contributed by atoms with Gasteiger partial charge in [0.1, 0.15) is 9.88 Å². The largest absolute Gasteiger partial charge is 0.351 e. The van der Waals surface area contributed by atoms with Crippen molar-refractivity contribution >= 4 is 17.2 Å². The van der Waals surface area contributed by atoms with Gasteiger partial charge in [0.15, 0.2) is 0 Å². The molecule has 94 valence electrons. The van der Waals surface area contributed by atoms with E-state index in [1.165, 1.54) is 11.3 Å². The first-order valence-corrected chi connectivity index (χ1v) is 6.47. The van der Waals surface area contributed by atoms with E-state index in [1.807, 2.05) is 12.1 Å². The van der Waals surface area contributed by atoms with Gasteiger partial charge in [-0.15, -0.1) is 11.3 Å². The number of nitrogens with two attached hydrogens (primary N) is 1. The third-order valence-corrected chi connectivity index (χ3v) is 3.37. The van der Waals surface area contributed by atoms with Crippen LogP contribution in [0.15, 0.2) is 30.7 Å². The van der Waals surface area contributed by atoms with Crippen LogP contribution in [-0.2, 0) is 0 Å². The van der Waals surface area contributed by atoms with Crippen LogP contribution in [0.2, 0.25) is 0 Å². The lowest BCUT2D eigenvalue weighted by atomic mass is 10.3. The Morgan fingerprint density at radius 3 is 2.89 bits per heavy atom. The van der Waals surface area contributed by atoms with Crippen molar-refractivity contribution in [3.8, 4) is 10.6 Å². The highest BCUT2D eigenvalue weighted by molar-refractivity contribution is 7.16. The van der Waals surface area contributed by atoms with Crippen LogP contribution in [0.4, 0.5) is 0 Å². The molecule has 18 heavy (non-hydrogen) atoms. The van der Waals surface area contributed by atoms with Gasteiger partial charge < -0.3 is 11.1 Å². The molecule has 2 aromatic heterocycles. The monoisotopic (exact) mass is 262 g/mol. The van der Waals surface area contributed by atoms with Gasteiger partial charge in [-0.25, -0.2) is 4.98 Å². The summed E-state index contributed by atoms with van der Waals surface area (Å²) in [6.07, 6.45) is 5.79. The number of hydrogen-bond acceptors (Lipinski definition) is 5. The number of pyridine rings is 1. The quantitative estimate of drug-likeness (QED) is 0.795. The Morgan fingerprint density at radius 2 is 2.17 bits per heavy atom. The van der Waals surface area contributed by atoms with Crippen LogP contribution in [0.1, 0.15) is 16.1 Å². The van der Waals surface area contributed by atoms with E-state index in [1.54, 1.807) is 18.6 Å². The van der Waals surface area contributed by atoms with Gasteiger partial charge in [0.05, 0.1) is 6.20 Å². The first-order chi connectivity index (χ1) is 8.81. The molecule has 0 aliphatic carbocycles. The van der Waals surface area contributed by atoms with E-state index in [0.717, 1.165) is 17.0 Å². The Labute approximate surface area is 109 Å². The second-order valence-electron chi connectivity index (χ2n) is 3.66. The summed E-state index contributed by atoms with van der Waals surface area (Å²) >= 11 is 1.37. The number of rotatable bonds is 5. The summed E-state index contributed by atoms with van der Waals surface area (Å²) in [5, 5.41) is 3.62. The second-order valence-corrected chi connectivity index (χ2v) is 4.69. The highest BCUT2D eigenvalue weighted by Gasteiger charge is 2.10. The minimum atomic E-state index is -0.0961. The fraction of sp³-hybridized carbons (Fsp3) is 0.250. The standard InChI is InChI=1S/C12H14N4OS/c13-4-1-5-15-11(17)10-8-16-12(18-10)9-2-6-14-7-3-9/h2-3,6-8H,1,4-5,13H2,(H,15,17). The molecule has 0 bridgehead atoms. The summed E-state index contributed by atoms with van der Waals surface area (Å²) in [7, 11) is 0. The SMILES string of the molecule is NCCCNC(=O)c1cnc(-c2ccncc2)s1. The van der Waals surface area contributed by atoms with E-state index in [4.69, 9.17) is 5.73 Å². The van der Waals surface area contributed by atoms with Gasteiger partial charge in [-0.2, -0.15) is 0 Å². The summed E-state index contributed by atoms with van der Waals surface area (Å²) in [4.78, 5) is 20.6. The van der Waals surface area contributed by atoms with E-state index in [2.05, 4.69) is 15.3 Å². The molecular weight excluding hydrogens is 248 g/mol. The number of nitrogens with one attached hydrogen (secondary N) is 1. The lowest BCUT2D eigenvalue weighted by Crippen LogP contribution is -2.25. The fourth-order valence-electron chi connectivity index (χ4n) is 1.40. The molecule has 1 amide bonds. The molecule has 0 saturated heterocycles. The predicted molar refractivity (Wildman–Crippen MR) is 71.3 cm³/mol. The van der Waals surface area contributed by atoms with Gasteiger partial charge in [0, 0.05) is 24.5 Å². The average Bonchev–Trinajstić information content (AvgIpc) is 2.89. The van der Waals surface area contributed by atoms with Crippen molar-refractivity contribution in [1.82, 2.24) is 15.3 Å². The van der Waals surface area contributed by atoms with Crippen LogP contribution < -0.4 is 11.1 Å². The van der Waals surface area contributed by atoms with Crippen molar-refractivity contribution in [2.24, 2.45) is 5.73 Å². The second kappa shape index (κ2) is 6.23. The Morgan fingerprint density at radius 1 is 1.39 bits per heavy atom. The van der Waals surface area contributed by atoms with E-state index in [-0.39, 0.29) is 5.91 Å².